The maximum Gasteiger partial charge on any atom is 0.334 e. The Morgan fingerprint density at radius 3 is 2.49 bits per heavy atom. The molecule has 0 saturated carbocycles. The number of amides is 4. The van der Waals surface area contributed by atoms with Gasteiger partial charge in [-0.25, -0.2) is 19.2 Å². The van der Waals surface area contributed by atoms with Crippen molar-refractivity contribution in [3.8, 4) is 0 Å². The Hall–Kier alpha value is -3.11. The number of urea groups is 1. The lowest BCUT2D eigenvalue weighted by Crippen LogP contribution is -2.75. The molecule has 4 rings (SSSR count). The minimum absolute atomic E-state index is 0.00218. The topological polar surface area (TPSA) is 76.2 Å². The number of hydrazine groups is 1. The fourth-order valence-electron chi connectivity index (χ4n) is 4.62. The summed E-state index contributed by atoms with van der Waals surface area (Å²) >= 11 is 1.62. The van der Waals surface area contributed by atoms with Crippen LogP contribution in [-0.2, 0) is 22.7 Å². The molecule has 0 spiro atoms. The number of nitrogens with zero attached hydrogens (tertiary/aromatic N) is 4. The van der Waals surface area contributed by atoms with Gasteiger partial charge in [0.2, 0.25) is 11.8 Å². The predicted molar refractivity (Wildman–Crippen MR) is 132 cm³/mol. The first-order valence-electron chi connectivity index (χ1n) is 11.5. The molecular weight excluding hydrogens is 469 g/mol. The number of fused-ring (bicyclic) bond motifs is 1. The van der Waals surface area contributed by atoms with E-state index in [1.807, 2.05) is 36.6 Å². The number of carbonyl (C=O) groups excluding carboxylic acids is 3. The molecule has 2 aromatic carbocycles. The Bertz CT molecular complexity index is 1050. The van der Waals surface area contributed by atoms with Gasteiger partial charge in [-0.15, -0.1) is 0 Å². The van der Waals surface area contributed by atoms with E-state index >= 15 is 0 Å². The van der Waals surface area contributed by atoms with Crippen molar-refractivity contribution in [3.05, 3.63) is 71.5 Å². The number of hydrogen-bond acceptors (Lipinski definition) is 5. The molecule has 10 heteroatoms. The van der Waals surface area contributed by atoms with Crippen molar-refractivity contribution < 1.29 is 18.8 Å². The molecule has 1 N–H and O–H groups in total. The Morgan fingerprint density at radius 2 is 1.80 bits per heavy atom. The van der Waals surface area contributed by atoms with Gasteiger partial charge < -0.3 is 15.1 Å². The Kier molecular flexibility index (Phi) is 7.92. The number of nitrogens with one attached hydrogen (secondary N) is 1. The fraction of sp³-hybridized carbons (Fsp3) is 0.400. The van der Waals surface area contributed by atoms with Crippen molar-refractivity contribution in [3.63, 3.8) is 0 Å². The van der Waals surface area contributed by atoms with Crippen molar-refractivity contribution in [1.29, 1.82) is 0 Å². The molecule has 8 nitrogen and oxygen atoms in total. The van der Waals surface area contributed by atoms with Crippen LogP contribution in [0.3, 0.4) is 0 Å². The first-order chi connectivity index (χ1) is 16.9. The summed E-state index contributed by atoms with van der Waals surface area (Å²) in [6, 6.07) is 14.6. The van der Waals surface area contributed by atoms with Gasteiger partial charge in [-0.2, -0.15) is 11.8 Å². The Balaban J connectivity index is 1.58. The second kappa shape index (κ2) is 11.1. The minimum atomic E-state index is -0.626. The summed E-state index contributed by atoms with van der Waals surface area (Å²) in [5, 5.41) is 6.01. The molecule has 186 valence electrons. The average Bonchev–Trinajstić information content (AvgIpc) is 2.84. The van der Waals surface area contributed by atoms with Gasteiger partial charge in [0.05, 0.1) is 13.1 Å². The molecular formula is C25H30FN5O3S. The lowest BCUT2D eigenvalue weighted by molar-refractivity contribution is -0.187. The fourth-order valence-corrected chi connectivity index (χ4v) is 5.08. The zero-order valence-electron chi connectivity index (χ0n) is 19.9. The first-order valence-corrected chi connectivity index (χ1v) is 12.9. The highest BCUT2D eigenvalue weighted by Gasteiger charge is 2.50. The van der Waals surface area contributed by atoms with Gasteiger partial charge in [0.25, 0.3) is 0 Å². The molecule has 4 amide bonds. The highest BCUT2D eigenvalue weighted by atomic mass is 32.2. The van der Waals surface area contributed by atoms with Crippen LogP contribution in [0.2, 0.25) is 0 Å². The van der Waals surface area contributed by atoms with Gasteiger partial charge >= 0.3 is 6.03 Å². The van der Waals surface area contributed by atoms with E-state index in [-0.39, 0.29) is 43.3 Å². The van der Waals surface area contributed by atoms with Crippen LogP contribution in [0.4, 0.5) is 9.18 Å². The summed E-state index contributed by atoms with van der Waals surface area (Å²) in [5.74, 6) is 0.118. The normalized spacial score (nSPS) is 20.7. The van der Waals surface area contributed by atoms with Gasteiger partial charge in [0, 0.05) is 20.1 Å². The molecule has 0 radical (unpaired) electrons. The van der Waals surface area contributed by atoms with Crippen molar-refractivity contribution in [2.45, 2.75) is 31.7 Å². The summed E-state index contributed by atoms with van der Waals surface area (Å²) in [4.78, 5) is 43.3. The SMILES string of the molecule is CSCC[C@H]1C(=O)N(Cc2ccccc2)C[C@H]2N1C(=O)CN(C)N2C(=O)NCc1ccc(F)cc1. The summed E-state index contributed by atoms with van der Waals surface area (Å²) in [5.41, 5.74) is 1.75. The van der Waals surface area contributed by atoms with E-state index in [0.29, 0.717) is 13.0 Å². The second-order valence-electron chi connectivity index (χ2n) is 8.73. The Morgan fingerprint density at radius 1 is 1.09 bits per heavy atom. The van der Waals surface area contributed by atoms with Crippen LogP contribution in [0.5, 0.6) is 0 Å². The Labute approximate surface area is 209 Å². The third-order valence-corrected chi connectivity index (χ3v) is 6.96. The predicted octanol–water partition coefficient (Wildman–Crippen LogP) is 2.52. The average molecular weight is 500 g/mol. The first kappa shape index (κ1) is 25.0. The summed E-state index contributed by atoms with van der Waals surface area (Å²) < 4.78 is 13.2. The third kappa shape index (κ3) is 5.59. The van der Waals surface area contributed by atoms with Gasteiger partial charge in [0.15, 0.2) is 0 Å². The van der Waals surface area contributed by atoms with E-state index in [1.54, 1.807) is 45.8 Å². The summed E-state index contributed by atoms with van der Waals surface area (Å²) in [7, 11) is 1.70. The number of benzene rings is 2. The van der Waals surface area contributed by atoms with E-state index in [1.165, 1.54) is 17.1 Å². The molecule has 2 saturated heterocycles. The molecule has 0 aromatic heterocycles. The van der Waals surface area contributed by atoms with Crippen LogP contribution in [-0.4, -0.2) is 82.0 Å². The lowest BCUT2D eigenvalue weighted by atomic mass is 10.0. The smallest absolute Gasteiger partial charge is 0.333 e. The molecule has 0 unspecified atom stereocenters. The van der Waals surface area contributed by atoms with E-state index < -0.39 is 12.2 Å². The van der Waals surface area contributed by atoms with Crippen LogP contribution < -0.4 is 5.32 Å². The van der Waals surface area contributed by atoms with Gasteiger partial charge in [-0.1, -0.05) is 42.5 Å². The summed E-state index contributed by atoms with van der Waals surface area (Å²) in [6.45, 7) is 0.834. The molecule has 2 fully saturated rings. The van der Waals surface area contributed by atoms with E-state index in [2.05, 4.69) is 5.32 Å². The van der Waals surface area contributed by atoms with Crippen LogP contribution >= 0.6 is 11.8 Å². The van der Waals surface area contributed by atoms with Crippen LogP contribution in [0.25, 0.3) is 0 Å². The van der Waals surface area contributed by atoms with E-state index in [9.17, 15) is 18.8 Å². The number of thioether (sulfide) groups is 1. The molecule has 35 heavy (non-hydrogen) atoms. The van der Waals surface area contributed by atoms with Crippen molar-refractivity contribution in [2.24, 2.45) is 0 Å². The highest BCUT2D eigenvalue weighted by Crippen LogP contribution is 2.28. The largest absolute Gasteiger partial charge is 0.334 e. The number of halogens is 1. The van der Waals surface area contributed by atoms with Gasteiger partial charge in [-0.3, -0.25) is 9.59 Å². The van der Waals surface area contributed by atoms with Crippen LogP contribution in [0, 0.1) is 5.82 Å². The zero-order chi connectivity index (χ0) is 24.9. The van der Waals surface area contributed by atoms with Crippen molar-refractivity contribution >= 4 is 29.6 Å². The highest BCUT2D eigenvalue weighted by molar-refractivity contribution is 7.98. The van der Waals surface area contributed by atoms with E-state index in [4.69, 9.17) is 0 Å². The van der Waals surface area contributed by atoms with Crippen LogP contribution in [0.15, 0.2) is 54.6 Å². The number of carbonyl (C=O) groups is 3. The monoisotopic (exact) mass is 499 g/mol. The molecule has 2 aliphatic rings. The minimum Gasteiger partial charge on any atom is -0.333 e. The number of piperazine rings is 1. The standard InChI is InChI=1S/C25H30FN5O3S/c1-28-17-23(32)30-21(12-13-35-2)24(33)29(15-19-6-4-3-5-7-19)16-22(30)31(28)25(34)27-14-18-8-10-20(26)11-9-18/h3-11,21-22H,12-17H2,1-2H3,(H,27,34)/t21-,22-/m0/s1. The number of hydrogen-bond donors (Lipinski definition) is 1. The quantitative estimate of drug-likeness (QED) is 0.634. The number of rotatable bonds is 7. The van der Waals surface area contributed by atoms with Crippen molar-refractivity contribution in [2.75, 3.05) is 32.1 Å². The van der Waals surface area contributed by atoms with Crippen LogP contribution in [0.1, 0.15) is 17.5 Å². The lowest BCUT2D eigenvalue weighted by Gasteiger charge is -2.54. The van der Waals surface area contributed by atoms with Gasteiger partial charge in [0.1, 0.15) is 18.0 Å². The molecule has 2 atom stereocenters. The molecule has 2 heterocycles. The zero-order valence-corrected chi connectivity index (χ0v) is 20.7. The van der Waals surface area contributed by atoms with E-state index in [0.717, 1.165) is 16.9 Å². The maximum absolute atomic E-state index is 13.5. The van der Waals surface area contributed by atoms with Gasteiger partial charge in [-0.05, 0) is 41.7 Å². The number of likely N-dealkylation sites (N-methyl/N-ethyl adjacent to an activating group) is 1. The summed E-state index contributed by atoms with van der Waals surface area (Å²) in [6.07, 6.45) is 1.86. The molecule has 2 aliphatic heterocycles. The maximum atomic E-state index is 13.5. The van der Waals surface area contributed by atoms with Crippen molar-refractivity contribution in [1.82, 2.24) is 25.1 Å². The third-order valence-electron chi connectivity index (χ3n) is 6.32. The second-order valence-corrected chi connectivity index (χ2v) is 9.71. The molecule has 0 aliphatic carbocycles. The molecule has 0 bridgehead atoms. The molecule has 2 aromatic rings.